The molecule has 0 radical (unpaired) electrons. The summed E-state index contributed by atoms with van der Waals surface area (Å²) < 4.78 is 12.1. The molecule has 0 heterocycles. The highest BCUT2D eigenvalue weighted by Gasteiger charge is 2.21. The van der Waals surface area contributed by atoms with E-state index in [1.807, 2.05) is 0 Å². The zero-order chi connectivity index (χ0) is 14.5. The Hall–Kier alpha value is -1.07. The smallest absolute Gasteiger partial charge is 0.237 e. The lowest BCUT2D eigenvalue weighted by Gasteiger charge is -2.20. The number of carbonyl (C=O) groups is 1. The number of halogens is 1. The normalized spacial score (nSPS) is 17.6. The second-order valence-electron chi connectivity index (χ2n) is 5.07. The van der Waals surface area contributed by atoms with Crippen LogP contribution >= 0.6 is 11.6 Å². The molecule has 1 aliphatic rings. The molecule has 1 aromatic carbocycles. The minimum atomic E-state index is -1.09. The van der Waals surface area contributed by atoms with Gasteiger partial charge in [-0.15, -0.1) is 0 Å². The summed E-state index contributed by atoms with van der Waals surface area (Å²) in [5.41, 5.74) is 6.67. The fraction of sp³-hybridized carbons (Fsp3) is 0.500. The van der Waals surface area contributed by atoms with E-state index in [9.17, 15) is 9.00 Å². The van der Waals surface area contributed by atoms with Crippen LogP contribution < -0.4 is 11.1 Å². The van der Waals surface area contributed by atoms with Gasteiger partial charge in [0.25, 0.3) is 0 Å². The van der Waals surface area contributed by atoms with Gasteiger partial charge < -0.3 is 11.1 Å². The van der Waals surface area contributed by atoms with Crippen LogP contribution in [0.15, 0.2) is 18.2 Å². The maximum atomic E-state index is 12.1. The van der Waals surface area contributed by atoms with Gasteiger partial charge in [0.15, 0.2) is 0 Å². The van der Waals surface area contributed by atoms with Crippen LogP contribution in [0.1, 0.15) is 32.1 Å². The van der Waals surface area contributed by atoms with Crippen molar-refractivity contribution in [3.8, 4) is 0 Å². The van der Waals surface area contributed by atoms with E-state index in [1.54, 1.807) is 18.2 Å². The molecule has 1 unspecified atom stereocenters. The van der Waals surface area contributed by atoms with Crippen LogP contribution in [0.3, 0.4) is 0 Å². The molecule has 20 heavy (non-hydrogen) atoms. The van der Waals surface area contributed by atoms with Gasteiger partial charge in [0.2, 0.25) is 5.91 Å². The second-order valence-corrected chi connectivity index (χ2v) is 7.19. The summed E-state index contributed by atoms with van der Waals surface area (Å²) in [7, 11) is -1.09. The van der Waals surface area contributed by atoms with Gasteiger partial charge in [-0.1, -0.05) is 30.9 Å². The van der Waals surface area contributed by atoms with Crippen molar-refractivity contribution in [1.82, 2.24) is 0 Å². The molecule has 1 amide bonds. The SMILES string of the molecule is Nc1cc(NC(=O)CS(=O)C2CCCCC2)ccc1Cl. The average molecular weight is 315 g/mol. The fourth-order valence-electron chi connectivity index (χ4n) is 2.39. The predicted octanol–water partition coefficient (Wildman–Crippen LogP) is 2.94. The number of hydrogen-bond acceptors (Lipinski definition) is 3. The molecule has 4 nitrogen and oxygen atoms in total. The third-order valence-electron chi connectivity index (χ3n) is 3.48. The third-order valence-corrected chi connectivity index (χ3v) is 5.58. The van der Waals surface area contributed by atoms with Gasteiger partial charge in [0.1, 0.15) is 5.75 Å². The van der Waals surface area contributed by atoms with E-state index in [-0.39, 0.29) is 16.9 Å². The van der Waals surface area contributed by atoms with Crippen molar-refractivity contribution in [2.24, 2.45) is 0 Å². The number of rotatable bonds is 4. The van der Waals surface area contributed by atoms with Gasteiger partial charge in [-0.25, -0.2) is 0 Å². The molecule has 1 saturated carbocycles. The number of anilines is 2. The average Bonchev–Trinajstić information content (AvgIpc) is 2.44. The number of benzene rings is 1. The Morgan fingerprint density at radius 1 is 1.35 bits per heavy atom. The minimum Gasteiger partial charge on any atom is -0.397 e. The van der Waals surface area contributed by atoms with Gasteiger partial charge in [0, 0.05) is 21.7 Å². The predicted molar refractivity (Wildman–Crippen MR) is 84.4 cm³/mol. The van der Waals surface area contributed by atoms with E-state index in [0.717, 1.165) is 25.7 Å². The Morgan fingerprint density at radius 3 is 2.70 bits per heavy atom. The number of nitrogens with one attached hydrogen (secondary N) is 1. The summed E-state index contributed by atoms with van der Waals surface area (Å²) in [6.45, 7) is 0. The zero-order valence-electron chi connectivity index (χ0n) is 11.2. The molecular formula is C14H19ClN2O2S. The molecule has 3 N–H and O–H groups in total. The van der Waals surface area contributed by atoms with Crippen molar-refractivity contribution in [2.45, 2.75) is 37.4 Å². The Balaban J connectivity index is 1.88. The highest BCUT2D eigenvalue weighted by Crippen LogP contribution is 2.23. The molecule has 0 spiro atoms. The largest absolute Gasteiger partial charge is 0.397 e. The number of amides is 1. The number of carbonyl (C=O) groups excluding carboxylic acids is 1. The minimum absolute atomic E-state index is 0.0488. The quantitative estimate of drug-likeness (QED) is 0.839. The molecule has 1 atom stereocenters. The molecule has 6 heteroatoms. The van der Waals surface area contributed by atoms with E-state index in [2.05, 4.69) is 5.32 Å². The summed E-state index contributed by atoms with van der Waals surface area (Å²) in [4.78, 5) is 11.9. The molecule has 1 aliphatic carbocycles. The monoisotopic (exact) mass is 314 g/mol. The van der Waals surface area contributed by atoms with Gasteiger partial charge in [-0.3, -0.25) is 9.00 Å². The van der Waals surface area contributed by atoms with E-state index >= 15 is 0 Å². The van der Waals surface area contributed by atoms with E-state index in [0.29, 0.717) is 16.4 Å². The highest BCUT2D eigenvalue weighted by molar-refractivity contribution is 7.86. The first-order valence-corrected chi connectivity index (χ1v) is 8.54. The van der Waals surface area contributed by atoms with E-state index in [4.69, 9.17) is 17.3 Å². The van der Waals surface area contributed by atoms with Crippen LogP contribution in [-0.4, -0.2) is 21.1 Å². The molecule has 1 fully saturated rings. The topological polar surface area (TPSA) is 72.2 Å². The number of nitrogens with two attached hydrogens (primary N) is 1. The molecule has 0 aliphatic heterocycles. The highest BCUT2D eigenvalue weighted by atomic mass is 35.5. The third kappa shape index (κ3) is 4.21. The number of nitrogen functional groups attached to an aromatic ring is 1. The van der Waals surface area contributed by atoms with Crippen LogP contribution in [0, 0.1) is 0 Å². The summed E-state index contributed by atoms with van der Waals surface area (Å²) in [5.74, 6) is -0.191. The van der Waals surface area contributed by atoms with Crippen LogP contribution in [0.25, 0.3) is 0 Å². The first kappa shape index (κ1) is 15.3. The van der Waals surface area contributed by atoms with Crippen molar-refractivity contribution >= 4 is 39.7 Å². The van der Waals surface area contributed by atoms with Crippen LogP contribution in [0.5, 0.6) is 0 Å². The zero-order valence-corrected chi connectivity index (χ0v) is 12.8. The lowest BCUT2D eigenvalue weighted by Crippen LogP contribution is -2.27. The first-order chi connectivity index (χ1) is 9.56. The van der Waals surface area contributed by atoms with Gasteiger partial charge in [-0.05, 0) is 31.0 Å². The molecule has 2 rings (SSSR count). The second kappa shape index (κ2) is 7.09. The van der Waals surface area contributed by atoms with Crippen LogP contribution in [0.4, 0.5) is 11.4 Å². The Bertz CT molecular complexity index is 516. The van der Waals surface area contributed by atoms with Gasteiger partial charge in [0.05, 0.1) is 10.7 Å². The molecule has 0 aromatic heterocycles. The van der Waals surface area contributed by atoms with Crippen molar-refractivity contribution in [3.63, 3.8) is 0 Å². The van der Waals surface area contributed by atoms with E-state index < -0.39 is 10.8 Å². The summed E-state index contributed by atoms with van der Waals surface area (Å²) in [6, 6.07) is 4.91. The maximum Gasteiger partial charge on any atom is 0.237 e. The molecule has 0 saturated heterocycles. The van der Waals surface area contributed by atoms with Gasteiger partial charge >= 0.3 is 0 Å². The Kier molecular flexibility index (Phi) is 5.43. The van der Waals surface area contributed by atoms with Crippen molar-refractivity contribution in [2.75, 3.05) is 16.8 Å². The molecule has 1 aromatic rings. The summed E-state index contributed by atoms with van der Waals surface area (Å²) in [6.07, 6.45) is 5.38. The van der Waals surface area contributed by atoms with E-state index in [1.165, 1.54) is 6.42 Å². The first-order valence-electron chi connectivity index (χ1n) is 6.78. The van der Waals surface area contributed by atoms with Crippen molar-refractivity contribution in [1.29, 1.82) is 0 Å². The molecule has 110 valence electrons. The molecular weight excluding hydrogens is 296 g/mol. The molecule has 0 bridgehead atoms. The fourth-order valence-corrected chi connectivity index (χ4v) is 3.94. The Morgan fingerprint density at radius 2 is 2.05 bits per heavy atom. The van der Waals surface area contributed by atoms with Crippen LogP contribution in [0.2, 0.25) is 5.02 Å². The van der Waals surface area contributed by atoms with Crippen LogP contribution in [-0.2, 0) is 15.6 Å². The van der Waals surface area contributed by atoms with Crippen molar-refractivity contribution < 1.29 is 9.00 Å². The summed E-state index contributed by atoms with van der Waals surface area (Å²) >= 11 is 5.82. The standard InChI is InChI=1S/C14H19ClN2O2S/c15-12-7-6-10(8-13(12)16)17-14(18)9-20(19)11-4-2-1-3-5-11/h6-8,11H,1-5,9,16H2,(H,17,18). The number of hydrogen-bond donors (Lipinski definition) is 2. The maximum absolute atomic E-state index is 12.1. The lowest BCUT2D eigenvalue weighted by atomic mass is 10.0. The lowest BCUT2D eigenvalue weighted by molar-refractivity contribution is -0.113. The van der Waals surface area contributed by atoms with Crippen molar-refractivity contribution in [3.05, 3.63) is 23.2 Å². The summed E-state index contributed by atoms with van der Waals surface area (Å²) in [5, 5.41) is 3.33. The Labute approximate surface area is 126 Å². The van der Waals surface area contributed by atoms with Gasteiger partial charge in [-0.2, -0.15) is 0 Å².